The SMILES string of the molecule is CCNC(=NCc1ccccc1S(=O)(=O)N(C)C)NCCc1ccccn1.I. The van der Waals surface area contributed by atoms with Gasteiger partial charge in [-0.25, -0.2) is 17.7 Å². The number of aromatic nitrogens is 1. The van der Waals surface area contributed by atoms with Crippen molar-refractivity contribution in [1.82, 2.24) is 19.9 Å². The Balaban J connectivity index is 0.00000392. The van der Waals surface area contributed by atoms with Crippen molar-refractivity contribution in [3.8, 4) is 0 Å². The minimum Gasteiger partial charge on any atom is -0.357 e. The highest BCUT2D eigenvalue weighted by Gasteiger charge is 2.20. The first-order valence-corrected chi connectivity index (χ1v) is 10.3. The molecule has 28 heavy (non-hydrogen) atoms. The summed E-state index contributed by atoms with van der Waals surface area (Å²) in [6, 6.07) is 12.8. The topological polar surface area (TPSA) is 86.7 Å². The predicted molar refractivity (Wildman–Crippen MR) is 123 cm³/mol. The van der Waals surface area contributed by atoms with E-state index in [0.717, 1.165) is 12.1 Å². The van der Waals surface area contributed by atoms with Gasteiger partial charge in [-0.05, 0) is 30.7 Å². The molecule has 0 unspecified atom stereocenters. The van der Waals surface area contributed by atoms with Gasteiger partial charge in [0.15, 0.2) is 5.96 Å². The van der Waals surface area contributed by atoms with E-state index in [-0.39, 0.29) is 35.4 Å². The highest BCUT2D eigenvalue weighted by Crippen LogP contribution is 2.19. The normalized spacial score (nSPS) is 11.8. The summed E-state index contributed by atoms with van der Waals surface area (Å²) in [7, 11) is -0.453. The zero-order chi connectivity index (χ0) is 19.7. The summed E-state index contributed by atoms with van der Waals surface area (Å²) in [6.45, 7) is 3.65. The minimum absolute atomic E-state index is 0. The molecule has 7 nitrogen and oxygen atoms in total. The van der Waals surface area contributed by atoms with Crippen molar-refractivity contribution in [3.63, 3.8) is 0 Å². The molecule has 1 aromatic heterocycles. The van der Waals surface area contributed by atoms with Gasteiger partial charge in [0, 0.05) is 45.5 Å². The average Bonchev–Trinajstić information content (AvgIpc) is 2.67. The fourth-order valence-electron chi connectivity index (χ4n) is 2.44. The third kappa shape index (κ3) is 7.02. The first-order valence-electron chi connectivity index (χ1n) is 8.87. The standard InChI is InChI=1S/C19H27N5O2S.HI/c1-4-20-19(22-14-12-17-10-7-8-13-21-17)23-15-16-9-5-6-11-18(16)27(25,26)24(2)3;/h5-11,13H,4,12,14-15H2,1-3H3,(H2,20,22,23);1H. The highest BCUT2D eigenvalue weighted by atomic mass is 127. The van der Waals surface area contributed by atoms with Crippen molar-refractivity contribution < 1.29 is 8.42 Å². The Morgan fingerprint density at radius 3 is 2.46 bits per heavy atom. The maximum absolute atomic E-state index is 12.5. The third-order valence-corrected chi connectivity index (χ3v) is 5.80. The minimum atomic E-state index is -3.51. The van der Waals surface area contributed by atoms with Gasteiger partial charge in [0.25, 0.3) is 0 Å². The van der Waals surface area contributed by atoms with Gasteiger partial charge < -0.3 is 10.6 Å². The van der Waals surface area contributed by atoms with Crippen LogP contribution < -0.4 is 10.6 Å². The highest BCUT2D eigenvalue weighted by molar-refractivity contribution is 14.0. The molecule has 0 aliphatic heterocycles. The number of benzene rings is 1. The number of guanidine groups is 1. The number of halogens is 1. The maximum Gasteiger partial charge on any atom is 0.242 e. The summed E-state index contributed by atoms with van der Waals surface area (Å²) < 4.78 is 26.2. The van der Waals surface area contributed by atoms with Gasteiger partial charge in [0.2, 0.25) is 10.0 Å². The van der Waals surface area contributed by atoms with Gasteiger partial charge >= 0.3 is 0 Å². The van der Waals surface area contributed by atoms with E-state index in [1.165, 1.54) is 18.4 Å². The Kier molecular flexibility index (Phi) is 10.4. The molecule has 0 amide bonds. The molecule has 2 rings (SSSR count). The van der Waals surface area contributed by atoms with E-state index >= 15 is 0 Å². The summed E-state index contributed by atoms with van der Waals surface area (Å²) in [5, 5.41) is 6.44. The summed E-state index contributed by atoms with van der Waals surface area (Å²) in [4.78, 5) is 9.12. The second-order valence-corrected chi connectivity index (χ2v) is 8.21. The molecule has 0 saturated carbocycles. The monoisotopic (exact) mass is 517 g/mol. The predicted octanol–water partition coefficient (Wildman–Crippen LogP) is 2.25. The fraction of sp³-hybridized carbons (Fsp3) is 0.368. The van der Waals surface area contributed by atoms with E-state index in [4.69, 9.17) is 0 Å². The number of nitrogens with zero attached hydrogens (tertiary/aromatic N) is 3. The van der Waals surface area contributed by atoms with Crippen molar-refractivity contribution in [2.45, 2.75) is 24.8 Å². The van der Waals surface area contributed by atoms with Gasteiger partial charge in [-0.3, -0.25) is 4.98 Å². The molecule has 0 fully saturated rings. The quantitative estimate of drug-likeness (QED) is 0.319. The first-order chi connectivity index (χ1) is 12.9. The molecule has 0 aliphatic carbocycles. The van der Waals surface area contributed by atoms with Crippen LogP contribution in [-0.4, -0.2) is 50.9 Å². The summed E-state index contributed by atoms with van der Waals surface area (Å²) in [5.41, 5.74) is 1.66. The summed E-state index contributed by atoms with van der Waals surface area (Å²) in [6.07, 6.45) is 2.55. The van der Waals surface area contributed by atoms with Crippen molar-refractivity contribution >= 4 is 40.0 Å². The molecule has 0 saturated heterocycles. The van der Waals surface area contributed by atoms with E-state index in [2.05, 4.69) is 20.6 Å². The molecule has 154 valence electrons. The van der Waals surface area contributed by atoms with E-state index in [1.807, 2.05) is 31.2 Å². The first kappa shape index (κ1) is 24.3. The number of nitrogens with one attached hydrogen (secondary N) is 2. The molecule has 1 aromatic carbocycles. The lowest BCUT2D eigenvalue weighted by atomic mass is 10.2. The van der Waals surface area contributed by atoms with Gasteiger partial charge in [0.1, 0.15) is 0 Å². The lowest BCUT2D eigenvalue weighted by Gasteiger charge is -2.15. The zero-order valence-electron chi connectivity index (χ0n) is 16.4. The third-order valence-electron chi connectivity index (χ3n) is 3.88. The van der Waals surface area contributed by atoms with Crippen molar-refractivity contribution in [2.24, 2.45) is 4.99 Å². The molecular weight excluding hydrogens is 489 g/mol. The lowest BCUT2D eigenvalue weighted by Crippen LogP contribution is -2.38. The van der Waals surface area contributed by atoms with Crippen molar-refractivity contribution in [1.29, 1.82) is 0 Å². The van der Waals surface area contributed by atoms with E-state index in [1.54, 1.807) is 24.4 Å². The van der Waals surface area contributed by atoms with Crippen LogP contribution in [0.1, 0.15) is 18.2 Å². The maximum atomic E-state index is 12.5. The molecule has 2 aromatic rings. The molecule has 0 atom stereocenters. The number of pyridine rings is 1. The molecular formula is C19H28IN5O2S. The second kappa shape index (κ2) is 12.0. The van der Waals surface area contributed by atoms with Crippen LogP contribution in [0.5, 0.6) is 0 Å². The molecule has 0 spiro atoms. The number of rotatable bonds is 8. The Morgan fingerprint density at radius 2 is 1.82 bits per heavy atom. The molecule has 0 bridgehead atoms. The number of sulfonamides is 1. The molecule has 2 N–H and O–H groups in total. The van der Waals surface area contributed by atoms with Crippen LogP contribution in [0, 0.1) is 0 Å². The summed E-state index contributed by atoms with van der Waals surface area (Å²) in [5.74, 6) is 0.644. The molecule has 0 aliphatic rings. The van der Waals surface area contributed by atoms with Crippen LogP contribution >= 0.6 is 24.0 Å². The van der Waals surface area contributed by atoms with Crippen LogP contribution in [0.3, 0.4) is 0 Å². The van der Waals surface area contributed by atoms with Crippen molar-refractivity contribution in [2.75, 3.05) is 27.2 Å². The number of hydrogen-bond donors (Lipinski definition) is 2. The van der Waals surface area contributed by atoms with Gasteiger partial charge in [-0.2, -0.15) is 0 Å². The zero-order valence-corrected chi connectivity index (χ0v) is 19.6. The summed E-state index contributed by atoms with van der Waals surface area (Å²) >= 11 is 0. The largest absolute Gasteiger partial charge is 0.357 e. The Bertz CT molecular complexity index is 858. The van der Waals surface area contributed by atoms with Crippen LogP contribution in [0.2, 0.25) is 0 Å². The smallest absolute Gasteiger partial charge is 0.242 e. The van der Waals surface area contributed by atoms with E-state index in [9.17, 15) is 8.42 Å². The second-order valence-electron chi connectivity index (χ2n) is 6.09. The average molecular weight is 517 g/mol. The van der Waals surface area contributed by atoms with Gasteiger partial charge in [0.05, 0.1) is 11.4 Å². The molecule has 0 radical (unpaired) electrons. The number of hydrogen-bond acceptors (Lipinski definition) is 4. The fourth-order valence-corrected chi connectivity index (χ4v) is 3.55. The van der Waals surface area contributed by atoms with Crippen LogP contribution in [0.4, 0.5) is 0 Å². The Morgan fingerprint density at radius 1 is 1.11 bits per heavy atom. The van der Waals surface area contributed by atoms with E-state index < -0.39 is 10.0 Å². The van der Waals surface area contributed by atoms with E-state index in [0.29, 0.717) is 24.6 Å². The molecule has 1 heterocycles. The Hall–Kier alpha value is -1.72. The van der Waals surface area contributed by atoms with Crippen LogP contribution in [-0.2, 0) is 23.0 Å². The van der Waals surface area contributed by atoms with Crippen molar-refractivity contribution in [3.05, 3.63) is 59.9 Å². The number of aliphatic imine (C=N–C) groups is 1. The lowest BCUT2D eigenvalue weighted by molar-refractivity contribution is 0.519. The van der Waals surface area contributed by atoms with Crippen LogP contribution in [0.25, 0.3) is 0 Å². The van der Waals surface area contributed by atoms with Gasteiger partial charge in [-0.1, -0.05) is 24.3 Å². The van der Waals surface area contributed by atoms with Gasteiger partial charge in [-0.15, -0.1) is 24.0 Å². The molecule has 9 heteroatoms. The van der Waals surface area contributed by atoms with Crippen LogP contribution in [0.15, 0.2) is 58.5 Å². The Labute approximate surface area is 184 Å².